The summed E-state index contributed by atoms with van der Waals surface area (Å²) >= 11 is 18.4. The minimum atomic E-state index is -0.634. The number of carbonyl (C=O) groups is 2. The number of amides is 1. The first-order valence-corrected chi connectivity index (χ1v) is 15.4. The number of hydrogen-bond donors (Lipinski definition) is 3. The normalized spacial score (nSPS) is 14.6. The first-order valence-electron chi connectivity index (χ1n) is 13.0. The molecule has 1 aliphatic rings. The van der Waals surface area contributed by atoms with E-state index in [4.69, 9.17) is 38.0 Å². The fraction of sp³-hybridized carbons (Fsp3) is 0.200. The average molecular weight is 751 g/mol. The maximum Gasteiger partial charge on any atom is 0.338 e. The van der Waals surface area contributed by atoms with Gasteiger partial charge in [0.15, 0.2) is 11.7 Å². The summed E-state index contributed by atoms with van der Waals surface area (Å²) in [5, 5.41) is 11.1. The van der Waals surface area contributed by atoms with Gasteiger partial charge >= 0.3 is 5.97 Å². The molecule has 13 heteroatoms. The van der Waals surface area contributed by atoms with Crippen molar-refractivity contribution in [3.05, 3.63) is 103 Å². The molecule has 3 aromatic rings. The zero-order valence-electron chi connectivity index (χ0n) is 23.1. The Labute approximate surface area is 276 Å². The van der Waals surface area contributed by atoms with Crippen LogP contribution < -0.4 is 25.5 Å². The lowest BCUT2D eigenvalue weighted by molar-refractivity contribution is -0.139. The molecule has 0 unspecified atom stereocenters. The highest BCUT2D eigenvalue weighted by atomic mass is 79.9. The first kappa shape index (κ1) is 32.5. The summed E-state index contributed by atoms with van der Waals surface area (Å²) in [6.07, 6.45) is 1.48. The second-order valence-corrected chi connectivity index (χ2v) is 11.7. The van der Waals surface area contributed by atoms with Gasteiger partial charge in [0.25, 0.3) is 5.91 Å². The second-order valence-electron chi connectivity index (χ2n) is 9.13. The molecular formula is C30H27Br2ClN4O5S. The Kier molecular flexibility index (Phi) is 11.6. The Morgan fingerprint density at radius 1 is 1.12 bits per heavy atom. The number of esters is 1. The molecule has 1 amide bonds. The van der Waals surface area contributed by atoms with Crippen molar-refractivity contribution in [3.8, 4) is 11.5 Å². The minimum Gasteiger partial charge on any atom is -0.487 e. The summed E-state index contributed by atoms with van der Waals surface area (Å²) < 4.78 is 18.7. The van der Waals surface area contributed by atoms with Crippen LogP contribution in [0.3, 0.4) is 0 Å². The van der Waals surface area contributed by atoms with E-state index in [2.05, 4.69) is 53.0 Å². The zero-order valence-corrected chi connectivity index (χ0v) is 27.8. The summed E-state index contributed by atoms with van der Waals surface area (Å²) in [7, 11) is 0. The zero-order chi connectivity index (χ0) is 30.9. The van der Waals surface area contributed by atoms with E-state index in [-0.39, 0.29) is 19.8 Å². The van der Waals surface area contributed by atoms with E-state index in [0.29, 0.717) is 48.5 Å². The molecular weight excluding hydrogens is 724 g/mol. The summed E-state index contributed by atoms with van der Waals surface area (Å²) in [5.41, 5.74) is 5.56. The van der Waals surface area contributed by atoms with E-state index in [1.165, 1.54) is 6.21 Å². The molecule has 3 aromatic carbocycles. The number of hydrogen-bond acceptors (Lipinski definition) is 7. The van der Waals surface area contributed by atoms with Crippen LogP contribution in [0, 0.1) is 0 Å². The SMILES string of the molecule is CCOC(=O)C1=C(C)NC(=S)N[C@H]1c1ccccc1OCC(=O)NN=Cc1cc(Br)cc(Br)c1OCc1cccc(Cl)c1. The summed E-state index contributed by atoms with van der Waals surface area (Å²) in [6, 6.07) is 17.5. The van der Waals surface area contributed by atoms with E-state index in [9.17, 15) is 9.59 Å². The quantitative estimate of drug-likeness (QED) is 0.0904. The van der Waals surface area contributed by atoms with Gasteiger partial charge in [0, 0.05) is 26.3 Å². The van der Waals surface area contributed by atoms with Gasteiger partial charge in [-0.2, -0.15) is 5.10 Å². The summed E-state index contributed by atoms with van der Waals surface area (Å²) in [4.78, 5) is 25.4. The molecule has 0 fully saturated rings. The molecule has 224 valence electrons. The smallest absolute Gasteiger partial charge is 0.338 e. The molecule has 0 bridgehead atoms. The van der Waals surface area contributed by atoms with E-state index < -0.39 is 17.9 Å². The van der Waals surface area contributed by atoms with E-state index >= 15 is 0 Å². The van der Waals surface area contributed by atoms with Crippen LogP contribution >= 0.6 is 55.7 Å². The van der Waals surface area contributed by atoms with Gasteiger partial charge in [0.2, 0.25) is 0 Å². The number of rotatable bonds is 11. The molecule has 0 saturated carbocycles. The molecule has 1 heterocycles. The number of nitrogens with zero attached hydrogens (tertiary/aromatic N) is 1. The van der Waals surface area contributed by atoms with Crippen LogP contribution in [0.1, 0.15) is 36.6 Å². The lowest BCUT2D eigenvalue weighted by Gasteiger charge is -2.30. The number of benzene rings is 3. The van der Waals surface area contributed by atoms with Crippen LogP contribution in [0.4, 0.5) is 0 Å². The van der Waals surface area contributed by atoms with Gasteiger partial charge in [0.05, 0.1) is 28.9 Å². The van der Waals surface area contributed by atoms with Gasteiger partial charge < -0.3 is 24.8 Å². The highest BCUT2D eigenvalue weighted by Gasteiger charge is 2.32. The second kappa shape index (κ2) is 15.3. The van der Waals surface area contributed by atoms with Crippen molar-refractivity contribution >= 4 is 78.9 Å². The average Bonchev–Trinajstić information content (AvgIpc) is 2.95. The van der Waals surface area contributed by atoms with Crippen LogP contribution in [-0.2, 0) is 20.9 Å². The number of ether oxygens (including phenoxy) is 3. The fourth-order valence-electron chi connectivity index (χ4n) is 4.22. The van der Waals surface area contributed by atoms with Crippen molar-refractivity contribution in [2.75, 3.05) is 13.2 Å². The van der Waals surface area contributed by atoms with Crippen LogP contribution in [-0.4, -0.2) is 36.4 Å². The Morgan fingerprint density at radius 3 is 2.67 bits per heavy atom. The summed E-state index contributed by atoms with van der Waals surface area (Å²) in [6.45, 7) is 3.66. The van der Waals surface area contributed by atoms with Crippen LogP contribution in [0.25, 0.3) is 0 Å². The van der Waals surface area contributed by atoms with Gasteiger partial charge in [-0.05, 0) is 77.9 Å². The maximum absolute atomic E-state index is 12.8. The van der Waals surface area contributed by atoms with E-state index in [0.717, 1.165) is 10.0 Å². The number of para-hydroxylation sites is 1. The molecule has 0 aliphatic carbocycles. The topological polar surface area (TPSA) is 110 Å². The third-order valence-electron chi connectivity index (χ3n) is 6.06. The van der Waals surface area contributed by atoms with Crippen molar-refractivity contribution in [3.63, 3.8) is 0 Å². The molecule has 0 saturated heterocycles. The third-order valence-corrected chi connectivity index (χ3v) is 7.56. The van der Waals surface area contributed by atoms with Crippen LogP contribution in [0.15, 0.2) is 86.0 Å². The van der Waals surface area contributed by atoms with Crippen molar-refractivity contribution in [1.29, 1.82) is 0 Å². The van der Waals surface area contributed by atoms with Crippen LogP contribution in [0.2, 0.25) is 5.02 Å². The Bertz CT molecular complexity index is 1600. The molecule has 0 spiro atoms. The Balaban J connectivity index is 1.44. The number of halogens is 3. The molecule has 4 rings (SSSR count). The van der Waals surface area contributed by atoms with Crippen molar-refractivity contribution in [1.82, 2.24) is 16.1 Å². The molecule has 43 heavy (non-hydrogen) atoms. The maximum atomic E-state index is 12.8. The molecule has 3 N–H and O–H groups in total. The molecule has 1 atom stereocenters. The fourth-order valence-corrected chi connectivity index (χ4v) is 6.07. The number of carbonyl (C=O) groups excluding carboxylic acids is 2. The van der Waals surface area contributed by atoms with E-state index in [1.807, 2.05) is 30.3 Å². The van der Waals surface area contributed by atoms with Gasteiger partial charge in [-0.1, -0.05) is 57.9 Å². The largest absolute Gasteiger partial charge is 0.487 e. The van der Waals surface area contributed by atoms with Crippen LogP contribution in [0.5, 0.6) is 11.5 Å². The predicted octanol–water partition coefficient (Wildman–Crippen LogP) is 6.33. The molecule has 9 nitrogen and oxygen atoms in total. The number of nitrogens with one attached hydrogen (secondary N) is 3. The van der Waals surface area contributed by atoms with Crippen molar-refractivity contribution in [2.45, 2.75) is 26.5 Å². The van der Waals surface area contributed by atoms with Gasteiger partial charge in [-0.3, -0.25) is 4.79 Å². The Morgan fingerprint density at radius 2 is 1.91 bits per heavy atom. The minimum absolute atomic E-state index is 0.220. The number of allylic oxidation sites excluding steroid dienone is 1. The van der Waals surface area contributed by atoms with Gasteiger partial charge in [-0.25, -0.2) is 10.2 Å². The first-order chi connectivity index (χ1) is 20.7. The lowest BCUT2D eigenvalue weighted by Crippen LogP contribution is -2.45. The van der Waals surface area contributed by atoms with Crippen molar-refractivity contribution in [2.24, 2.45) is 5.10 Å². The van der Waals surface area contributed by atoms with Gasteiger partial charge in [-0.15, -0.1) is 0 Å². The predicted molar refractivity (Wildman–Crippen MR) is 176 cm³/mol. The molecule has 0 aromatic heterocycles. The Hall–Kier alpha value is -3.45. The molecule has 1 aliphatic heterocycles. The number of thiocarbonyl (C=S) groups is 1. The summed E-state index contributed by atoms with van der Waals surface area (Å²) in [5.74, 6) is -0.0392. The highest BCUT2D eigenvalue weighted by Crippen LogP contribution is 2.34. The van der Waals surface area contributed by atoms with E-state index in [1.54, 1.807) is 44.2 Å². The third kappa shape index (κ3) is 8.79. The molecule has 0 radical (unpaired) electrons. The monoisotopic (exact) mass is 748 g/mol. The van der Waals surface area contributed by atoms with Crippen molar-refractivity contribution < 1.29 is 23.8 Å². The number of hydrazone groups is 1. The van der Waals surface area contributed by atoms with Gasteiger partial charge in [0.1, 0.15) is 18.1 Å². The lowest BCUT2D eigenvalue weighted by atomic mass is 9.95. The highest BCUT2D eigenvalue weighted by molar-refractivity contribution is 9.11. The standard InChI is InChI=1S/C30H27Br2ClN4O5S/c1-3-40-29(39)26-17(2)35-30(43)36-27(26)22-9-4-5-10-24(22)41-16-25(38)37-34-14-19-12-20(31)13-23(32)28(19)42-15-18-7-6-8-21(33)11-18/h4-14,27H,3,15-16H2,1-2H3,(H,37,38)(H2,35,36,43)/t27-/m0/s1.